The Kier molecular flexibility index (Phi) is 12.8. The van der Waals surface area contributed by atoms with Gasteiger partial charge in [-0.1, -0.05) is 12.2 Å². The lowest BCUT2D eigenvalue weighted by atomic mass is 10.1. The maximum absolute atomic E-state index is 13.9. The zero-order valence-electron chi connectivity index (χ0n) is 36.0. The maximum atomic E-state index is 13.9. The van der Waals surface area contributed by atoms with E-state index >= 15 is 0 Å². The van der Waals surface area contributed by atoms with Gasteiger partial charge in [-0.25, -0.2) is 0 Å². The molecule has 1 aliphatic rings. The molecule has 19 heteroatoms. The zero-order valence-corrected chi connectivity index (χ0v) is 36.0. The zero-order chi connectivity index (χ0) is 44.2. The molecule has 6 aromatic rings. The SMILES string of the molecule is CCn1nc(C)cc1C(=O)/N=c1/n(C)c2cc(C(N)=O)ccc2n1C/C=C/Cn1/c(=N\C(=O)c2cc(C)nn2CC)n(C)c2cc(C(N)=O)cc(OCCCN3CCOCC3)c21. The number of carbonyl (C=O) groups is 4. The van der Waals surface area contributed by atoms with Gasteiger partial charge in [0.15, 0.2) is 0 Å². The number of aryl methyl sites for hydroxylation is 6. The van der Waals surface area contributed by atoms with Crippen LogP contribution in [0.4, 0.5) is 0 Å². The molecule has 0 saturated carbocycles. The third-order valence-corrected chi connectivity index (χ3v) is 10.9. The number of benzene rings is 2. The summed E-state index contributed by atoms with van der Waals surface area (Å²) >= 11 is 0. The predicted octanol–water partition coefficient (Wildman–Crippen LogP) is 2.36. The summed E-state index contributed by atoms with van der Waals surface area (Å²) in [6.45, 7) is 13.1. The third-order valence-electron chi connectivity index (χ3n) is 10.9. The van der Waals surface area contributed by atoms with Gasteiger partial charge in [-0.2, -0.15) is 20.2 Å². The number of hydrogen-bond acceptors (Lipinski definition) is 9. The second-order valence-corrected chi connectivity index (χ2v) is 15.1. The van der Waals surface area contributed by atoms with Crippen LogP contribution in [0.3, 0.4) is 0 Å². The third kappa shape index (κ3) is 8.80. The highest BCUT2D eigenvalue weighted by atomic mass is 16.5. The molecule has 4 amide bonds. The van der Waals surface area contributed by atoms with Crippen molar-refractivity contribution in [3.8, 4) is 5.75 Å². The van der Waals surface area contributed by atoms with Crippen LogP contribution in [0, 0.1) is 13.8 Å². The number of fused-ring (bicyclic) bond motifs is 2. The summed E-state index contributed by atoms with van der Waals surface area (Å²) in [6.07, 6.45) is 4.56. The van der Waals surface area contributed by atoms with Gasteiger partial charge in [-0.15, -0.1) is 0 Å². The molecule has 4 N–H and O–H groups in total. The summed E-state index contributed by atoms with van der Waals surface area (Å²) in [7, 11) is 3.54. The highest BCUT2D eigenvalue weighted by Gasteiger charge is 2.21. The Morgan fingerprint density at radius 1 is 0.742 bits per heavy atom. The molecule has 0 unspecified atom stereocenters. The van der Waals surface area contributed by atoms with Crippen LogP contribution in [0.15, 0.2) is 64.6 Å². The van der Waals surface area contributed by atoms with E-state index in [0.717, 1.165) is 26.1 Å². The summed E-state index contributed by atoms with van der Waals surface area (Å²) in [4.78, 5) is 64.0. The van der Waals surface area contributed by atoms with Crippen molar-refractivity contribution in [2.45, 2.75) is 60.3 Å². The first kappa shape index (κ1) is 43.2. The van der Waals surface area contributed by atoms with E-state index in [1.54, 1.807) is 75.1 Å². The number of hydrogen-bond donors (Lipinski definition) is 2. The highest BCUT2D eigenvalue weighted by molar-refractivity contribution is 5.99. The van der Waals surface area contributed by atoms with Gasteiger partial charge >= 0.3 is 0 Å². The van der Waals surface area contributed by atoms with Crippen molar-refractivity contribution in [2.75, 3.05) is 39.5 Å². The largest absolute Gasteiger partial charge is 0.491 e. The number of nitrogens with two attached hydrogens (primary N) is 2. The van der Waals surface area contributed by atoms with Crippen molar-refractivity contribution >= 4 is 45.7 Å². The number of carbonyl (C=O) groups excluding carboxylic acids is 4. The number of morpholine rings is 1. The molecule has 0 atom stereocenters. The summed E-state index contributed by atoms with van der Waals surface area (Å²) in [5.74, 6) is -1.75. The molecule has 1 saturated heterocycles. The van der Waals surface area contributed by atoms with Gasteiger partial charge in [0.1, 0.15) is 22.7 Å². The van der Waals surface area contributed by atoms with E-state index in [9.17, 15) is 19.2 Å². The standard InChI is InChI=1S/C43H53N13O6/c1-7-55-34(22-27(3)48-55)40(59)46-42-50(5)32-24-29(38(44)57)12-13-31(32)53(42)15-9-10-16-54-37-33(51(6)43(54)47-41(60)35-23-28(4)49-56(35)8-2)25-30(39(45)58)26-36(37)62-19-11-14-52-17-20-61-21-18-52/h9-10,12-13,22-26H,7-8,11,14-21H2,1-6H3,(H2,44,57)(H2,45,58)/b10-9+,46-42-,47-43-. The highest BCUT2D eigenvalue weighted by Crippen LogP contribution is 2.28. The van der Waals surface area contributed by atoms with Crippen LogP contribution in [0.2, 0.25) is 0 Å². The Balaban J connectivity index is 1.31. The molecule has 2 aromatic carbocycles. The number of amides is 4. The van der Waals surface area contributed by atoms with Crippen molar-refractivity contribution in [2.24, 2.45) is 35.5 Å². The lowest BCUT2D eigenvalue weighted by Crippen LogP contribution is -2.37. The minimum absolute atomic E-state index is 0.215. The maximum Gasteiger partial charge on any atom is 0.298 e. The van der Waals surface area contributed by atoms with Gasteiger partial charge < -0.3 is 39.2 Å². The van der Waals surface area contributed by atoms with Crippen LogP contribution in [0.5, 0.6) is 5.75 Å². The van der Waals surface area contributed by atoms with E-state index in [4.69, 9.17) is 20.9 Å². The molecule has 19 nitrogen and oxygen atoms in total. The van der Waals surface area contributed by atoms with Crippen LogP contribution < -0.4 is 27.4 Å². The molecule has 326 valence electrons. The predicted molar refractivity (Wildman–Crippen MR) is 230 cm³/mol. The minimum atomic E-state index is -0.626. The molecule has 0 spiro atoms. The lowest BCUT2D eigenvalue weighted by Gasteiger charge is -2.26. The van der Waals surface area contributed by atoms with E-state index in [2.05, 4.69) is 25.1 Å². The average molecular weight is 848 g/mol. The number of rotatable bonds is 15. The molecule has 1 aliphatic heterocycles. The molecule has 0 bridgehead atoms. The van der Waals surface area contributed by atoms with E-state index in [1.807, 2.05) is 49.0 Å². The van der Waals surface area contributed by atoms with Crippen molar-refractivity contribution in [3.63, 3.8) is 0 Å². The van der Waals surface area contributed by atoms with E-state index in [1.165, 1.54) is 0 Å². The molecular formula is C43H53N13O6. The summed E-state index contributed by atoms with van der Waals surface area (Å²) in [5.41, 5.74) is 17.3. The number of imidazole rings is 2. The van der Waals surface area contributed by atoms with E-state index in [0.29, 0.717) is 100 Å². The molecule has 5 heterocycles. The Bertz CT molecular complexity index is 2870. The quantitative estimate of drug-likeness (QED) is 0.114. The normalized spacial score (nSPS) is 14.2. The van der Waals surface area contributed by atoms with E-state index < -0.39 is 23.6 Å². The van der Waals surface area contributed by atoms with Gasteiger partial charge in [-0.3, -0.25) is 33.4 Å². The summed E-state index contributed by atoms with van der Waals surface area (Å²) < 4.78 is 22.4. The van der Waals surface area contributed by atoms with Gasteiger partial charge in [0, 0.05) is 71.0 Å². The number of allylic oxidation sites excluding steroid dienone is 2. The Labute approximate surface area is 357 Å². The van der Waals surface area contributed by atoms with Crippen molar-refractivity contribution in [1.82, 2.24) is 42.7 Å². The second kappa shape index (κ2) is 18.4. The summed E-state index contributed by atoms with van der Waals surface area (Å²) in [5, 5.41) is 8.87. The molecule has 4 aromatic heterocycles. The fourth-order valence-electron chi connectivity index (χ4n) is 7.82. The Morgan fingerprint density at radius 2 is 1.29 bits per heavy atom. The van der Waals surface area contributed by atoms with Crippen LogP contribution >= 0.6 is 0 Å². The Morgan fingerprint density at radius 3 is 1.87 bits per heavy atom. The molecular weight excluding hydrogens is 795 g/mol. The molecule has 0 radical (unpaired) electrons. The fraction of sp³-hybridized carbons (Fsp3) is 0.395. The van der Waals surface area contributed by atoms with Crippen LogP contribution in [0.1, 0.15) is 73.3 Å². The fourth-order valence-corrected chi connectivity index (χ4v) is 7.82. The number of nitrogens with zero attached hydrogens (tertiary/aromatic N) is 11. The number of ether oxygens (including phenoxy) is 2. The number of primary amides is 2. The summed E-state index contributed by atoms with van der Waals surface area (Å²) in [6, 6.07) is 11.8. The van der Waals surface area contributed by atoms with Crippen molar-refractivity contribution < 1.29 is 28.7 Å². The van der Waals surface area contributed by atoms with Crippen molar-refractivity contribution in [3.05, 3.63) is 99.8 Å². The van der Waals surface area contributed by atoms with Crippen LogP contribution in [0.25, 0.3) is 22.1 Å². The Hall–Kier alpha value is -6.86. The van der Waals surface area contributed by atoms with Crippen LogP contribution in [-0.2, 0) is 45.0 Å². The first-order chi connectivity index (χ1) is 29.8. The lowest BCUT2D eigenvalue weighted by molar-refractivity contribution is 0.0358. The minimum Gasteiger partial charge on any atom is -0.491 e. The topological polar surface area (TPSA) is 222 Å². The smallest absolute Gasteiger partial charge is 0.298 e. The second-order valence-electron chi connectivity index (χ2n) is 15.1. The van der Waals surface area contributed by atoms with Gasteiger partial charge in [-0.05, 0) is 76.6 Å². The van der Waals surface area contributed by atoms with Gasteiger partial charge in [0.25, 0.3) is 11.8 Å². The first-order valence-corrected chi connectivity index (χ1v) is 20.7. The van der Waals surface area contributed by atoms with Gasteiger partial charge in [0.2, 0.25) is 23.1 Å². The number of aromatic nitrogens is 8. The molecule has 1 fully saturated rings. The molecule has 62 heavy (non-hydrogen) atoms. The van der Waals surface area contributed by atoms with Crippen molar-refractivity contribution in [1.29, 1.82) is 0 Å². The van der Waals surface area contributed by atoms with E-state index in [-0.39, 0.29) is 18.7 Å². The first-order valence-electron chi connectivity index (χ1n) is 20.7. The molecule has 0 aliphatic carbocycles. The monoisotopic (exact) mass is 847 g/mol. The molecule has 7 rings (SSSR count). The van der Waals surface area contributed by atoms with Crippen LogP contribution in [-0.4, -0.2) is 106 Å². The average Bonchev–Trinajstić information content (AvgIpc) is 3.99. The van der Waals surface area contributed by atoms with Gasteiger partial charge in [0.05, 0.1) is 47.8 Å².